The van der Waals surface area contributed by atoms with Crippen molar-refractivity contribution < 1.29 is 12.6 Å². The third kappa shape index (κ3) is 4.22. The lowest BCUT2D eigenvalue weighted by atomic mass is 10.2. The molecule has 0 bridgehead atoms. The monoisotopic (exact) mass is 279 g/mol. The summed E-state index contributed by atoms with van der Waals surface area (Å²) in [5.74, 6) is -0.0824. The van der Waals surface area contributed by atoms with Gasteiger partial charge in [0, 0.05) is 25.4 Å². The van der Waals surface area contributed by atoms with Gasteiger partial charge in [-0.15, -0.1) is 0 Å². The first-order valence-electron chi connectivity index (χ1n) is 6.08. The molecular weight excluding hydrogens is 262 g/mol. The molecule has 0 aliphatic carbocycles. The Morgan fingerprint density at radius 3 is 2.47 bits per heavy atom. The Labute approximate surface area is 113 Å². The van der Waals surface area contributed by atoms with Crippen LogP contribution >= 0.6 is 0 Å². The molecule has 0 spiro atoms. The van der Waals surface area contributed by atoms with Crippen molar-refractivity contribution in [3.05, 3.63) is 59.9 Å². The highest BCUT2D eigenvalue weighted by molar-refractivity contribution is 7.85. The van der Waals surface area contributed by atoms with Crippen LogP contribution in [0.15, 0.2) is 48.7 Å². The molecule has 1 aromatic carbocycles. The molecular formula is C14H17NO3S. The fourth-order valence-electron chi connectivity index (χ4n) is 1.85. The van der Waals surface area contributed by atoms with Gasteiger partial charge in [0.15, 0.2) is 0 Å². The van der Waals surface area contributed by atoms with Crippen LogP contribution in [0.5, 0.6) is 0 Å². The van der Waals surface area contributed by atoms with Gasteiger partial charge in [-0.2, -0.15) is 8.42 Å². The second kappa shape index (κ2) is 6.04. The van der Waals surface area contributed by atoms with Gasteiger partial charge in [-0.3, -0.25) is 4.18 Å². The van der Waals surface area contributed by atoms with Gasteiger partial charge in [0.1, 0.15) is 5.75 Å². The summed E-state index contributed by atoms with van der Waals surface area (Å²) in [7, 11) is -1.59. The number of benzene rings is 1. The molecule has 1 heterocycles. The summed E-state index contributed by atoms with van der Waals surface area (Å²) in [5, 5.41) is 0. The van der Waals surface area contributed by atoms with Gasteiger partial charge in [-0.25, -0.2) is 0 Å². The lowest BCUT2D eigenvalue weighted by Crippen LogP contribution is -2.12. The number of hydrogen-bond acceptors (Lipinski definition) is 3. The molecule has 0 N–H and O–H groups in total. The van der Waals surface area contributed by atoms with Crippen molar-refractivity contribution >= 4 is 10.1 Å². The normalized spacial score (nSPS) is 11.6. The Kier molecular flexibility index (Phi) is 4.39. The van der Waals surface area contributed by atoms with Crippen molar-refractivity contribution in [1.29, 1.82) is 0 Å². The molecule has 0 radical (unpaired) electrons. The summed E-state index contributed by atoms with van der Waals surface area (Å²) in [4.78, 5) is 0. The first kappa shape index (κ1) is 13.8. The minimum absolute atomic E-state index is 0.0824. The molecule has 0 saturated carbocycles. The fourth-order valence-corrected chi connectivity index (χ4v) is 2.87. The molecule has 2 rings (SSSR count). The van der Waals surface area contributed by atoms with E-state index in [2.05, 4.69) is 0 Å². The molecule has 0 fully saturated rings. The van der Waals surface area contributed by atoms with Gasteiger partial charge < -0.3 is 4.57 Å². The minimum atomic E-state index is -3.51. The Morgan fingerprint density at radius 1 is 1.11 bits per heavy atom. The number of rotatable bonds is 6. The maximum Gasteiger partial charge on any atom is 0.271 e. The van der Waals surface area contributed by atoms with Gasteiger partial charge in [-0.1, -0.05) is 30.3 Å². The molecule has 19 heavy (non-hydrogen) atoms. The summed E-state index contributed by atoms with van der Waals surface area (Å²) in [5.41, 5.74) is 1.79. The smallest absolute Gasteiger partial charge is 0.271 e. The van der Waals surface area contributed by atoms with E-state index in [1.54, 1.807) is 12.1 Å². The number of aromatic nitrogens is 1. The largest absolute Gasteiger partial charge is 0.354 e. The molecule has 0 aliphatic heterocycles. The van der Waals surface area contributed by atoms with Crippen LogP contribution in [-0.2, 0) is 33.5 Å². The quantitative estimate of drug-likeness (QED) is 0.761. The van der Waals surface area contributed by atoms with Gasteiger partial charge in [0.25, 0.3) is 10.1 Å². The van der Waals surface area contributed by atoms with Crippen LogP contribution in [0.2, 0.25) is 0 Å². The number of hydrogen-bond donors (Lipinski definition) is 0. The molecule has 102 valence electrons. The molecule has 5 heteroatoms. The molecule has 0 atom stereocenters. The van der Waals surface area contributed by atoms with Gasteiger partial charge in [-0.05, 0) is 17.7 Å². The highest BCUT2D eigenvalue weighted by Crippen LogP contribution is 2.08. The summed E-state index contributed by atoms with van der Waals surface area (Å²) in [6.07, 6.45) is 2.51. The maximum atomic E-state index is 11.8. The minimum Gasteiger partial charge on any atom is -0.354 e. The van der Waals surface area contributed by atoms with Gasteiger partial charge in [0.2, 0.25) is 0 Å². The number of nitrogens with zero attached hydrogens (tertiary/aromatic N) is 1. The summed E-state index contributed by atoms with van der Waals surface area (Å²) < 4.78 is 30.5. The standard InChI is InChI=1S/C14H17NO3S/c1-15-10-5-8-14(15)9-11-18-19(16,17)12-13-6-3-2-4-7-13/h2-8,10H,9,11-12H2,1H3. The van der Waals surface area contributed by atoms with Gasteiger partial charge in [0.05, 0.1) is 6.61 Å². The van der Waals surface area contributed by atoms with Crippen LogP contribution in [0.25, 0.3) is 0 Å². The maximum absolute atomic E-state index is 11.8. The highest BCUT2D eigenvalue weighted by atomic mass is 32.2. The summed E-state index contributed by atoms with van der Waals surface area (Å²) in [6, 6.07) is 12.9. The van der Waals surface area contributed by atoms with Crippen LogP contribution in [-0.4, -0.2) is 19.6 Å². The van der Waals surface area contributed by atoms with Crippen LogP contribution < -0.4 is 0 Å². The van der Waals surface area contributed by atoms with E-state index in [1.165, 1.54) is 0 Å². The van der Waals surface area contributed by atoms with Crippen LogP contribution in [0.1, 0.15) is 11.3 Å². The molecule has 4 nitrogen and oxygen atoms in total. The highest BCUT2D eigenvalue weighted by Gasteiger charge is 2.12. The van der Waals surface area contributed by atoms with Crippen molar-refractivity contribution in [3.8, 4) is 0 Å². The zero-order valence-corrected chi connectivity index (χ0v) is 11.6. The molecule has 1 aromatic heterocycles. The van der Waals surface area contributed by atoms with E-state index in [4.69, 9.17) is 4.18 Å². The van der Waals surface area contributed by atoms with Crippen molar-refractivity contribution in [1.82, 2.24) is 4.57 Å². The average Bonchev–Trinajstić information content (AvgIpc) is 2.76. The third-order valence-electron chi connectivity index (χ3n) is 2.86. The van der Waals surface area contributed by atoms with E-state index in [0.29, 0.717) is 6.42 Å². The Morgan fingerprint density at radius 2 is 1.84 bits per heavy atom. The van der Waals surface area contributed by atoms with E-state index in [0.717, 1.165) is 11.3 Å². The van der Waals surface area contributed by atoms with Gasteiger partial charge >= 0.3 is 0 Å². The zero-order chi connectivity index (χ0) is 13.7. The summed E-state index contributed by atoms with van der Waals surface area (Å²) >= 11 is 0. The molecule has 0 aliphatic rings. The van der Waals surface area contributed by atoms with Crippen molar-refractivity contribution in [3.63, 3.8) is 0 Å². The number of aryl methyl sites for hydroxylation is 1. The first-order valence-corrected chi connectivity index (χ1v) is 7.66. The molecule has 0 amide bonds. The molecule has 2 aromatic rings. The average molecular weight is 279 g/mol. The van der Waals surface area contributed by atoms with Crippen LogP contribution in [0, 0.1) is 0 Å². The van der Waals surface area contributed by atoms with Crippen LogP contribution in [0.3, 0.4) is 0 Å². The Balaban J connectivity index is 1.86. The molecule has 0 saturated heterocycles. The zero-order valence-electron chi connectivity index (χ0n) is 10.8. The molecule has 0 unspecified atom stereocenters. The predicted molar refractivity (Wildman–Crippen MR) is 74.1 cm³/mol. The summed E-state index contributed by atoms with van der Waals surface area (Å²) in [6.45, 7) is 0.174. The second-order valence-corrected chi connectivity index (χ2v) is 6.01. The van der Waals surface area contributed by atoms with Crippen molar-refractivity contribution in [2.24, 2.45) is 7.05 Å². The SMILES string of the molecule is Cn1cccc1CCOS(=O)(=O)Cc1ccccc1. The topological polar surface area (TPSA) is 48.3 Å². The second-order valence-electron chi connectivity index (χ2n) is 4.37. The fraction of sp³-hybridized carbons (Fsp3) is 0.286. The predicted octanol–water partition coefficient (Wildman–Crippen LogP) is 2.11. The van der Waals surface area contributed by atoms with E-state index < -0.39 is 10.1 Å². The lowest BCUT2D eigenvalue weighted by molar-refractivity contribution is 0.319. The Hall–Kier alpha value is -1.59. The van der Waals surface area contributed by atoms with E-state index in [1.807, 2.05) is 48.1 Å². The van der Waals surface area contributed by atoms with Crippen LogP contribution in [0.4, 0.5) is 0 Å². The third-order valence-corrected chi connectivity index (χ3v) is 4.07. The lowest BCUT2D eigenvalue weighted by Gasteiger charge is -2.06. The van der Waals surface area contributed by atoms with Crippen molar-refractivity contribution in [2.75, 3.05) is 6.61 Å². The van der Waals surface area contributed by atoms with Crippen molar-refractivity contribution in [2.45, 2.75) is 12.2 Å². The van der Waals surface area contributed by atoms with E-state index >= 15 is 0 Å². The Bertz CT molecular complexity index is 617. The van der Waals surface area contributed by atoms with E-state index in [9.17, 15) is 8.42 Å². The van der Waals surface area contributed by atoms with E-state index in [-0.39, 0.29) is 12.4 Å². The first-order chi connectivity index (χ1) is 9.07.